The van der Waals surface area contributed by atoms with Crippen LogP contribution in [0.1, 0.15) is 5.56 Å². The van der Waals surface area contributed by atoms with Gasteiger partial charge in [0.2, 0.25) is 11.9 Å². The average molecular weight is 531 g/mol. The van der Waals surface area contributed by atoms with Gasteiger partial charge in [-0.2, -0.15) is 4.98 Å². The first-order chi connectivity index (χ1) is 19.0. The second kappa shape index (κ2) is 10.6. The topological polar surface area (TPSA) is 120 Å². The van der Waals surface area contributed by atoms with E-state index in [1.165, 1.54) is 0 Å². The number of benzene rings is 1. The minimum absolute atomic E-state index is 0.129. The number of nitrogens with zero attached hydrogens (tertiary/aromatic N) is 9. The minimum Gasteiger partial charge on any atom is -0.378 e. The molecule has 3 aliphatic heterocycles. The third kappa shape index (κ3) is 5.04. The molecule has 3 aromatic rings. The normalized spacial score (nSPS) is 17.8. The minimum atomic E-state index is -0.129. The van der Waals surface area contributed by atoms with Crippen LogP contribution in [-0.4, -0.2) is 104 Å². The fraction of sp³-hybridized carbons (Fsp3) is 0.444. The molecule has 2 N–H and O–H groups in total. The Morgan fingerprint density at radius 1 is 0.974 bits per heavy atom. The van der Waals surface area contributed by atoms with Gasteiger partial charge in [0.05, 0.1) is 18.9 Å². The van der Waals surface area contributed by atoms with Crippen LogP contribution in [0, 0.1) is 0 Å². The molecule has 6 rings (SSSR count). The summed E-state index contributed by atoms with van der Waals surface area (Å²) in [6, 6.07) is 8.07. The number of urea groups is 1. The van der Waals surface area contributed by atoms with Crippen LogP contribution in [0.3, 0.4) is 0 Å². The van der Waals surface area contributed by atoms with Crippen molar-refractivity contribution in [1.82, 2.24) is 24.8 Å². The molecule has 0 spiro atoms. The largest absolute Gasteiger partial charge is 0.378 e. The van der Waals surface area contributed by atoms with Crippen molar-refractivity contribution in [2.24, 2.45) is 0 Å². The van der Waals surface area contributed by atoms with Crippen LogP contribution in [0.25, 0.3) is 11.3 Å². The monoisotopic (exact) mass is 530 g/mol. The van der Waals surface area contributed by atoms with Crippen LogP contribution in [0.5, 0.6) is 0 Å². The number of piperazine rings is 1. The van der Waals surface area contributed by atoms with E-state index in [4.69, 9.17) is 20.4 Å². The van der Waals surface area contributed by atoms with Gasteiger partial charge in [-0.15, -0.1) is 0 Å². The molecular weight excluding hydrogens is 496 g/mol. The molecule has 0 aliphatic carbocycles. The van der Waals surface area contributed by atoms with Crippen molar-refractivity contribution in [2.75, 3.05) is 98.5 Å². The van der Waals surface area contributed by atoms with Crippen LogP contribution in [-0.2, 0) is 11.2 Å². The predicted molar refractivity (Wildman–Crippen MR) is 152 cm³/mol. The Morgan fingerprint density at radius 2 is 1.72 bits per heavy atom. The number of fused-ring (bicyclic) bond motifs is 1. The van der Waals surface area contributed by atoms with E-state index in [2.05, 4.69) is 43.8 Å². The summed E-state index contributed by atoms with van der Waals surface area (Å²) in [5.74, 6) is 1.41. The van der Waals surface area contributed by atoms with Crippen molar-refractivity contribution in [2.45, 2.75) is 6.42 Å². The molecule has 0 unspecified atom stereocenters. The van der Waals surface area contributed by atoms with Crippen LogP contribution >= 0.6 is 0 Å². The number of hydrogen-bond donors (Lipinski definition) is 1. The van der Waals surface area contributed by atoms with Crippen LogP contribution in [0.2, 0.25) is 0 Å². The van der Waals surface area contributed by atoms with Crippen LogP contribution in [0.15, 0.2) is 36.7 Å². The number of morpholine rings is 1. The number of rotatable bonds is 4. The Bertz CT molecular complexity index is 1340. The summed E-state index contributed by atoms with van der Waals surface area (Å²) in [7, 11) is 3.97. The van der Waals surface area contributed by atoms with E-state index >= 15 is 0 Å². The third-order valence-corrected chi connectivity index (χ3v) is 7.66. The highest BCUT2D eigenvalue weighted by Gasteiger charge is 2.33. The molecular formula is C27H34N10O2. The standard InChI is InChI=1S/C27H34N10O2/c1-33-8-10-35(11-9-33)21-5-3-4-20(16-21)34(2)27(38)37-7-6-22-23(19-17-29-25(28)30-18-19)31-26(32-24(22)37)36-12-14-39-15-13-36/h3-5,16-18H,6-15H2,1-2H3,(H2,28,29,30). The zero-order chi connectivity index (χ0) is 26.9. The summed E-state index contributed by atoms with van der Waals surface area (Å²) in [4.78, 5) is 42.3. The van der Waals surface area contributed by atoms with Crippen molar-refractivity contribution >= 4 is 35.1 Å². The molecule has 0 atom stereocenters. The van der Waals surface area contributed by atoms with E-state index in [0.29, 0.717) is 51.0 Å². The van der Waals surface area contributed by atoms with Crippen LogP contribution in [0.4, 0.5) is 33.9 Å². The highest BCUT2D eigenvalue weighted by Crippen LogP contribution is 2.36. The van der Waals surface area contributed by atoms with E-state index in [-0.39, 0.29) is 12.0 Å². The number of amides is 2. The van der Waals surface area contributed by atoms with Gasteiger partial charge in [-0.3, -0.25) is 9.80 Å². The van der Waals surface area contributed by atoms with E-state index in [9.17, 15) is 4.79 Å². The number of nitrogens with two attached hydrogens (primary N) is 1. The first-order valence-corrected chi connectivity index (χ1v) is 13.4. The van der Waals surface area contributed by atoms with Crippen molar-refractivity contribution in [1.29, 1.82) is 0 Å². The highest BCUT2D eigenvalue weighted by atomic mass is 16.5. The van der Waals surface area contributed by atoms with Gasteiger partial charge in [-0.05, 0) is 31.7 Å². The SMILES string of the molecule is CN1CCN(c2cccc(N(C)C(=O)N3CCc4c(-c5cnc(N)nc5)nc(N5CCOCC5)nc43)c2)CC1. The molecule has 0 saturated carbocycles. The second-order valence-electron chi connectivity index (χ2n) is 10.2. The number of carbonyl (C=O) groups excluding carboxylic acids is 1. The fourth-order valence-corrected chi connectivity index (χ4v) is 5.29. The molecule has 12 nitrogen and oxygen atoms in total. The molecule has 0 bridgehead atoms. The number of anilines is 5. The summed E-state index contributed by atoms with van der Waals surface area (Å²) in [5.41, 5.74) is 10.1. The van der Waals surface area contributed by atoms with Gasteiger partial charge in [0.15, 0.2) is 0 Å². The Kier molecular flexibility index (Phi) is 6.88. The zero-order valence-corrected chi connectivity index (χ0v) is 22.5. The number of nitrogen functional groups attached to an aromatic ring is 1. The van der Waals surface area contributed by atoms with Crippen molar-refractivity contribution in [3.05, 3.63) is 42.2 Å². The Hall–Kier alpha value is -4.03. The summed E-state index contributed by atoms with van der Waals surface area (Å²) in [6.07, 6.45) is 3.99. The van der Waals surface area contributed by atoms with Gasteiger partial charge in [0.25, 0.3) is 0 Å². The lowest BCUT2D eigenvalue weighted by Crippen LogP contribution is -2.44. The molecule has 2 aromatic heterocycles. The fourth-order valence-electron chi connectivity index (χ4n) is 5.29. The first-order valence-electron chi connectivity index (χ1n) is 13.4. The van der Waals surface area contributed by atoms with Gasteiger partial charge in [-0.1, -0.05) is 6.07 Å². The highest BCUT2D eigenvalue weighted by molar-refractivity contribution is 6.04. The Labute approximate surface area is 228 Å². The van der Waals surface area contributed by atoms with Crippen molar-refractivity contribution in [3.63, 3.8) is 0 Å². The summed E-state index contributed by atoms with van der Waals surface area (Å²) in [5, 5.41) is 0. The first kappa shape index (κ1) is 25.3. The smallest absolute Gasteiger partial charge is 0.329 e. The van der Waals surface area contributed by atoms with Gasteiger partial charge < -0.3 is 25.2 Å². The molecule has 2 fully saturated rings. The number of hydrogen-bond acceptors (Lipinski definition) is 10. The van der Waals surface area contributed by atoms with Gasteiger partial charge in [0, 0.05) is 87.8 Å². The number of carbonyl (C=O) groups is 1. The van der Waals surface area contributed by atoms with Gasteiger partial charge in [-0.25, -0.2) is 19.7 Å². The van der Waals surface area contributed by atoms with Gasteiger partial charge >= 0.3 is 6.03 Å². The molecule has 12 heteroatoms. The summed E-state index contributed by atoms with van der Waals surface area (Å²) < 4.78 is 5.53. The zero-order valence-electron chi connectivity index (χ0n) is 22.5. The number of aromatic nitrogens is 4. The predicted octanol–water partition coefficient (Wildman–Crippen LogP) is 1.72. The summed E-state index contributed by atoms with van der Waals surface area (Å²) in [6.45, 7) is 7.08. The number of likely N-dealkylation sites (N-methyl/N-ethyl adjacent to an activating group) is 1. The maximum Gasteiger partial charge on any atom is 0.329 e. The maximum absolute atomic E-state index is 13.9. The lowest BCUT2D eigenvalue weighted by Gasteiger charge is -2.34. The molecule has 2 amide bonds. The second-order valence-corrected chi connectivity index (χ2v) is 10.2. The molecule has 0 radical (unpaired) electrons. The van der Waals surface area contributed by atoms with E-state index in [1.807, 2.05) is 19.2 Å². The quantitative estimate of drug-likeness (QED) is 0.534. The van der Waals surface area contributed by atoms with Crippen LogP contribution < -0.4 is 25.3 Å². The Balaban J connectivity index is 1.31. The molecule has 3 aliphatic rings. The molecule has 2 saturated heterocycles. The lowest BCUT2D eigenvalue weighted by atomic mass is 10.1. The van der Waals surface area contributed by atoms with E-state index < -0.39 is 0 Å². The summed E-state index contributed by atoms with van der Waals surface area (Å²) >= 11 is 0. The maximum atomic E-state index is 13.9. The molecule has 39 heavy (non-hydrogen) atoms. The average Bonchev–Trinajstić information content (AvgIpc) is 3.41. The van der Waals surface area contributed by atoms with Gasteiger partial charge in [0.1, 0.15) is 5.82 Å². The van der Waals surface area contributed by atoms with E-state index in [0.717, 1.165) is 54.4 Å². The van der Waals surface area contributed by atoms with Crippen molar-refractivity contribution < 1.29 is 9.53 Å². The van der Waals surface area contributed by atoms with E-state index in [1.54, 1.807) is 22.2 Å². The molecule has 5 heterocycles. The Morgan fingerprint density at radius 3 is 2.46 bits per heavy atom. The molecule has 1 aromatic carbocycles. The lowest BCUT2D eigenvalue weighted by molar-refractivity contribution is 0.122. The molecule has 204 valence electrons. The third-order valence-electron chi connectivity index (χ3n) is 7.66. The van der Waals surface area contributed by atoms with Crippen molar-refractivity contribution in [3.8, 4) is 11.3 Å². The number of ether oxygens (including phenoxy) is 1.